The first kappa shape index (κ1) is 10.3. The Morgan fingerprint density at radius 3 is 2.73 bits per heavy atom. The van der Waals surface area contributed by atoms with Crippen LogP contribution in [0.15, 0.2) is 40.6 Å². The Labute approximate surface area is 96.6 Å². The first-order valence-electron chi connectivity index (χ1n) is 4.28. The van der Waals surface area contributed by atoms with Gasteiger partial charge in [-0.05, 0) is 29.6 Å². The Bertz CT molecular complexity index is 489. The molecule has 0 amide bonds. The standard InChI is InChI=1S/C11H8O2S2/c12-11(13)7-3-4-9(14)8(6-7)10-2-1-5-15-10/h1-6,14H,(H,12,13). The van der Waals surface area contributed by atoms with Crippen LogP contribution in [0.4, 0.5) is 0 Å². The fraction of sp³-hybridized carbons (Fsp3) is 0. The highest BCUT2D eigenvalue weighted by molar-refractivity contribution is 7.80. The molecule has 4 heteroatoms. The second-order valence-electron chi connectivity index (χ2n) is 3.01. The Balaban J connectivity index is 2.55. The van der Waals surface area contributed by atoms with Gasteiger partial charge in [0, 0.05) is 15.3 Å². The summed E-state index contributed by atoms with van der Waals surface area (Å²) in [6, 6.07) is 8.80. The normalized spacial score (nSPS) is 10.2. The Morgan fingerprint density at radius 2 is 2.13 bits per heavy atom. The number of thiol groups is 1. The highest BCUT2D eigenvalue weighted by atomic mass is 32.1. The van der Waals surface area contributed by atoms with E-state index in [0.29, 0.717) is 0 Å². The summed E-state index contributed by atoms with van der Waals surface area (Å²) in [7, 11) is 0. The molecule has 1 aromatic carbocycles. The zero-order valence-corrected chi connectivity index (χ0v) is 9.39. The van der Waals surface area contributed by atoms with Crippen LogP contribution in [0.3, 0.4) is 0 Å². The van der Waals surface area contributed by atoms with E-state index in [9.17, 15) is 4.79 Å². The van der Waals surface area contributed by atoms with Gasteiger partial charge in [0.25, 0.3) is 0 Å². The molecule has 76 valence electrons. The lowest BCUT2D eigenvalue weighted by Crippen LogP contribution is -1.96. The molecular formula is C11H8O2S2. The van der Waals surface area contributed by atoms with Gasteiger partial charge in [0.2, 0.25) is 0 Å². The van der Waals surface area contributed by atoms with Crippen molar-refractivity contribution in [3.8, 4) is 10.4 Å². The monoisotopic (exact) mass is 236 g/mol. The summed E-state index contributed by atoms with van der Waals surface area (Å²) in [5, 5.41) is 10.8. The van der Waals surface area contributed by atoms with Gasteiger partial charge in [-0.25, -0.2) is 4.79 Å². The number of hydrogen-bond donors (Lipinski definition) is 2. The van der Waals surface area contributed by atoms with Crippen molar-refractivity contribution in [2.24, 2.45) is 0 Å². The van der Waals surface area contributed by atoms with Crippen molar-refractivity contribution in [2.45, 2.75) is 4.90 Å². The summed E-state index contributed by atoms with van der Waals surface area (Å²) in [5.41, 5.74) is 1.16. The molecule has 0 fully saturated rings. The van der Waals surface area contributed by atoms with E-state index in [4.69, 9.17) is 5.11 Å². The number of aromatic carboxylic acids is 1. The van der Waals surface area contributed by atoms with Gasteiger partial charge in [0.05, 0.1) is 5.56 Å². The van der Waals surface area contributed by atoms with Crippen LogP contribution in [0.1, 0.15) is 10.4 Å². The van der Waals surface area contributed by atoms with E-state index >= 15 is 0 Å². The SMILES string of the molecule is O=C(O)c1ccc(S)c(-c2cccs2)c1. The lowest BCUT2D eigenvalue weighted by Gasteiger charge is -2.03. The van der Waals surface area contributed by atoms with Gasteiger partial charge in [0.15, 0.2) is 0 Å². The number of carbonyl (C=O) groups is 1. The van der Waals surface area contributed by atoms with Crippen LogP contribution in [-0.2, 0) is 0 Å². The largest absolute Gasteiger partial charge is 0.478 e. The Kier molecular flexibility index (Phi) is 2.79. The third-order valence-corrected chi connectivity index (χ3v) is 3.32. The van der Waals surface area contributed by atoms with E-state index < -0.39 is 5.97 Å². The maximum Gasteiger partial charge on any atom is 0.335 e. The summed E-state index contributed by atoms with van der Waals surface area (Å²) in [6.45, 7) is 0. The van der Waals surface area contributed by atoms with Crippen molar-refractivity contribution < 1.29 is 9.90 Å². The molecule has 0 saturated carbocycles. The molecule has 1 N–H and O–H groups in total. The second kappa shape index (κ2) is 4.08. The minimum atomic E-state index is -0.916. The number of carboxylic acids is 1. The predicted molar refractivity (Wildman–Crippen MR) is 64.0 cm³/mol. The van der Waals surface area contributed by atoms with Gasteiger partial charge in [-0.3, -0.25) is 0 Å². The average Bonchev–Trinajstić information content (AvgIpc) is 2.71. The number of benzene rings is 1. The fourth-order valence-electron chi connectivity index (χ4n) is 1.30. The highest BCUT2D eigenvalue weighted by Crippen LogP contribution is 2.31. The van der Waals surface area contributed by atoms with Crippen LogP contribution < -0.4 is 0 Å². The Hall–Kier alpha value is -1.26. The van der Waals surface area contributed by atoms with Gasteiger partial charge in [-0.2, -0.15) is 0 Å². The molecule has 0 saturated heterocycles. The summed E-state index contributed by atoms with van der Waals surface area (Å²) < 4.78 is 0. The van der Waals surface area contributed by atoms with Crippen LogP contribution in [0, 0.1) is 0 Å². The molecule has 2 rings (SSSR count). The molecule has 1 heterocycles. The third kappa shape index (κ3) is 2.06. The summed E-state index contributed by atoms with van der Waals surface area (Å²) in [6.07, 6.45) is 0. The first-order valence-corrected chi connectivity index (χ1v) is 5.61. The van der Waals surface area contributed by atoms with Gasteiger partial charge in [0.1, 0.15) is 0 Å². The smallest absolute Gasteiger partial charge is 0.335 e. The molecule has 15 heavy (non-hydrogen) atoms. The molecule has 2 nitrogen and oxygen atoms in total. The number of rotatable bonds is 2. The maximum absolute atomic E-state index is 10.8. The molecule has 1 aromatic heterocycles. The molecule has 0 aliphatic heterocycles. The van der Waals surface area contributed by atoms with Crippen molar-refractivity contribution in [3.63, 3.8) is 0 Å². The van der Waals surface area contributed by atoms with Crippen LogP contribution >= 0.6 is 24.0 Å². The van der Waals surface area contributed by atoms with E-state index in [1.807, 2.05) is 17.5 Å². The number of thiophene rings is 1. The minimum Gasteiger partial charge on any atom is -0.478 e. The highest BCUT2D eigenvalue weighted by Gasteiger charge is 2.08. The van der Waals surface area contributed by atoms with Gasteiger partial charge in [-0.1, -0.05) is 6.07 Å². The van der Waals surface area contributed by atoms with Gasteiger partial charge < -0.3 is 5.11 Å². The van der Waals surface area contributed by atoms with E-state index in [0.717, 1.165) is 15.3 Å². The van der Waals surface area contributed by atoms with Crippen molar-refractivity contribution in [1.29, 1.82) is 0 Å². The van der Waals surface area contributed by atoms with E-state index in [1.165, 1.54) is 0 Å². The molecule has 0 radical (unpaired) electrons. The van der Waals surface area contributed by atoms with Crippen LogP contribution in [0.5, 0.6) is 0 Å². The average molecular weight is 236 g/mol. The van der Waals surface area contributed by atoms with Crippen LogP contribution in [0.2, 0.25) is 0 Å². The molecule has 0 atom stereocenters. The van der Waals surface area contributed by atoms with Crippen molar-refractivity contribution in [3.05, 3.63) is 41.3 Å². The second-order valence-corrected chi connectivity index (χ2v) is 4.44. The molecule has 2 aromatic rings. The number of hydrogen-bond acceptors (Lipinski definition) is 3. The predicted octanol–water partition coefficient (Wildman–Crippen LogP) is 3.40. The summed E-state index contributed by atoms with van der Waals surface area (Å²) in [5.74, 6) is -0.916. The third-order valence-electron chi connectivity index (χ3n) is 2.03. The zero-order valence-electron chi connectivity index (χ0n) is 7.68. The van der Waals surface area contributed by atoms with Crippen LogP contribution in [0.25, 0.3) is 10.4 Å². The quantitative estimate of drug-likeness (QED) is 0.784. The molecule has 0 aliphatic carbocycles. The Morgan fingerprint density at radius 1 is 1.33 bits per heavy atom. The van der Waals surface area contributed by atoms with Crippen molar-refractivity contribution >= 4 is 29.9 Å². The van der Waals surface area contributed by atoms with Crippen LogP contribution in [-0.4, -0.2) is 11.1 Å². The first-order chi connectivity index (χ1) is 7.18. The van der Waals surface area contributed by atoms with Crippen molar-refractivity contribution in [2.75, 3.05) is 0 Å². The van der Waals surface area contributed by atoms with Gasteiger partial charge in [-0.15, -0.1) is 24.0 Å². The lowest BCUT2D eigenvalue weighted by molar-refractivity contribution is 0.0697. The molecular weight excluding hydrogens is 228 g/mol. The van der Waals surface area contributed by atoms with E-state index in [1.54, 1.807) is 29.5 Å². The molecule has 0 unspecified atom stereocenters. The molecule has 0 bridgehead atoms. The summed E-state index contributed by atoms with van der Waals surface area (Å²) >= 11 is 5.88. The van der Waals surface area contributed by atoms with Gasteiger partial charge >= 0.3 is 5.97 Å². The van der Waals surface area contributed by atoms with E-state index in [-0.39, 0.29) is 5.56 Å². The minimum absolute atomic E-state index is 0.288. The zero-order chi connectivity index (χ0) is 10.8. The van der Waals surface area contributed by atoms with Crippen molar-refractivity contribution in [1.82, 2.24) is 0 Å². The number of carboxylic acid groups (broad SMARTS) is 1. The molecule has 0 aliphatic rings. The fourth-order valence-corrected chi connectivity index (χ4v) is 2.39. The lowest BCUT2D eigenvalue weighted by atomic mass is 10.1. The van der Waals surface area contributed by atoms with E-state index in [2.05, 4.69) is 12.6 Å². The topological polar surface area (TPSA) is 37.3 Å². The molecule has 0 spiro atoms. The summed E-state index contributed by atoms with van der Waals surface area (Å²) in [4.78, 5) is 12.6. The maximum atomic E-state index is 10.8.